The fraction of sp³-hybridized carbons (Fsp3) is 0.625. The van der Waals surface area contributed by atoms with Crippen molar-refractivity contribution in [2.45, 2.75) is 57.7 Å². The van der Waals surface area contributed by atoms with E-state index in [1.165, 1.54) is 12.8 Å². The minimum atomic E-state index is 0. The molecule has 124 valence electrons. The maximum absolute atomic E-state index is 12.1. The van der Waals surface area contributed by atoms with E-state index in [1.807, 2.05) is 19.1 Å². The first-order valence-electron chi connectivity index (χ1n) is 7.64. The largest absolute Gasteiger partial charge is 0.350 e. The number of pyridine rings is 1. The maximum Gasteiger partial charge on any atom is 0.220 e. The molecule has 0 aromatic carbocycles. The number of aromatic nitrogens is 1. The first kappa shape index (κ1) is 19.2. The van der Waals surface area contributed by atoms with E-state index in [4.69, 9.17) is 0 Å². The fourth-order valence-corrected chi connectivity index (χ4v) is 3.56. The van der Waals surface area contributed by atoms with Crippen LogP contribution in [-0.4, -0.2) is 23.0 Å². The van der Waals surface area contributed by atoms with E-state index >= 15 is 0 Å². The summed E-state index contributed by atoms with van der Waals surface area (Å²) < 4.78 is 0. The SMILES string of the molecule is Cc1cccnc1CNC(=O)CC1CC2CCC(C1)N2.Cl.Cl. The van der Waals surface area contributed by atoms with Crippen LogP contribution in [0.3, 0.4) is 0 Å². The van der Waals surface area contributed by atoms with Gasteiger partial charge in [-0.25, -0.2) is 0 Å². The highest BCUT2D eigenvalue weighted by atomic mass is 35.5. The molecule has 1 amide bonds. The number of rotatable bonds is 4. The van der Waals surface area contributed by atoms with Gasteiger partial charge >= 0.3 is 0 Å². The minimum absolute atomic E-state index is 0. The molecule has 22 heavy (non-hydrogen) atoms. The van der Waals surface area contributed by atoms with Crippen LogP contribution in [0.2, 0.25) is 0 Å². The van der Waals surface area contributed by atoms with Gasteiger partial charge in [0.05, 0.1) is 12.2 Å². The Morgan fingerprint density at radius 3 is 2.64 bits per heavy atom. The third-order valence-electron chi connectivity index (χ3n) is 4.62. The number of halogens is 2. The zero-order valence-corrected chi connectivity index (χ0v) is 14.5. The molecule has 2 fully saturated rings. The lowest BCUT2D eigenvalue weighted by atomic mass is 9.89. The Kier molecular flexibility index (Phi) is 7.60. The standard InChI is InChI=1S/C16H23N3O.2ClH/c1-11-3-2-6-17-15(11)10-18-16(20)9-12-7-13-4-5-14(8-12)19-13;;/h2-3,6,12-14,19H,4-5,7-10H2,1H3,(H,18,20);2*1H. The minimum Gasteiger partial charge on any atom is -0.350 e. The van der Waals surface area contributed by atoms with Gasteiger partial charge in [0.25, 0.3) is 0 Å². The number of amides is 1. The normalized spacial score (nSPS) is 25.8. The van der Waals surface area contributed by atoms with Gasteiger partial charge in [0.1, 0.15) is 0 Å². The Morgan fingerprint density at radius 2 is 2.00 bits per heavy atom. The molecule has 6 heteroatoms. The van der Waals surface area contributed by atoms with Gasteiger partial charge < -0.3 is 10.6 Å². The molecule has 0 aliphatic carbocycles. The monoisotopic (exact) mass is 345 g/mol. The van der Waals surface area contributed by atoms with Crippen LogP contribution < -0.4 is 10.6 Å². The summed E-state index contributed by atoms with van der Waals surface area (Å²) in [5.41, 5.74) is 2.10. The van der Waals surface area contributed by atoms with E-state index in [1.54, 1.807) is 6.20 Å². The van der Waals surface area contributed by atoms with Gasteiger partial charge in [0.15, 0.2) is 0 Å². The molecular formula is C16H25Cl2N3O. The fourth-order valence-electron chi connectivity index (χ4n) is 3.56. The third-order valence-corrected chi connectivity index (χ3v) is 4.62. The van der Waals surface area contributed by atoms with Crippen LogP contribution in [0.4, 0.5) is 0 Å². The van der Waals surface area contributed by atoms with Crippen molar-refractivity contribution in [2.24, 2.45) is 5.92 Å². The molecule has 2 bridgehead atoms. The van der Waals surface area contributed by atoms with Gasteiger partial charge in [0, 0.05) is 24.7 Å². The number of aryl methyl sites for hydroxylation is 1. The highest BCUT2D eigenvalue weighted by Crippen LogP contribution is 2.32. The van der Waals surface area contributed by atoms with Gasteiger partial charge in [-0.05, 0) is 50.2 Å². The number of carbonyl (C=O) groups is 1. The molecule has 0 spiro atoms. The number of fused-ring (bicyclic) bond motifs is 2. The number of nitrogens with zero attached hydrogens (tertiary/aromatic N) is 1. The van der Waals surface area contributed by atoms with E-state index in [2.05, 4.69) is 15.6 Å². The van der Waals surface area contributed by atoms with Crippen molar-refractivity contribution in [3.63, 3.8) is 0 Å². The van der Waals surface area contributed by atoms with Gasteiger partial charge in [0.2, 0.25) is 5.91 Å². The smallest absolute Gasteiger partial charge is 0.220 e. The highest BCUT2D eigenvalue weighted by Gasteiger charge is 2.34. The lowest BCUT2D eigenvalue weighted by molar-refractivity contribution is -0.122. The molecule has 1 aromatic rings. The summed E-state index contributed by atoms with van der Waals surface area (Å²) in [6, 6.07) is 5.26. The average molecular weight is 346 g/mol. The summed E-state index contributed by atoms with van der Waals surface area (Å²) in [4.78, 5) is 16.4. The zero-order valence-electron chi connectivity index (χ0n) is 12.9. The first-order valence-corrected chi connectivity index (χ1v) is 7.64. The maximum atomic E-state index is 12.1. The van der Waals surface area contributed by atoms with Crippen LogP contribution in [0.5, 0.6) is 0 Å². The topological polar surface area (TPSA) is 54.0 Å². The van der Waals surface area contributed by atoms with Crippen molar-refractivity contribution >= 4 is 30.7 Å². The van der Waals surface area contributed by atoms with Crippen molar-refractivity contribution in [2.75, 3.05) is 0 Å². The van der Waals surface area contributed by atoms with Crippen LogP contribution in [0.1, 0.15) is 43.4 Å². The second-order valence-corrected chi connectivity index (χ2v) is 6.22. The van der Waals surface area contributed by atoms with Crippen molar-refractivity contribution in [1.82, 2.24) is 15.6 Å². The number of nitrogens with one attached hydrogen (secondary N) is 2. The van der Waals surface area contributed by atoms with Crippen LogP contribution in [0, 0.1) is 12.8 Å². The molecule has 2 N–H and O–H groups in total. The summed E-state index contributed by atoms with van der Waals surface area (Å²) in [7, 11) is 0. The molecular weight excluding hydrogens is 321 g/mol. The van der Waals surface area contributed by atoms with Crippen LogP contribution in [0.15, 0.2) is 18.3 Å². The summed E-state index contributed by atoms with van der Waals surface area (Å²) in [5.74, 6) is 0.722. The third kappa shape index (κ3) is 4.83. The van der Waals surface area contributed by atoms with Crippen molar-refractivity contribution < 1.29 is 4.79 Å². The van der Waals surface area contributed by atoms with Crippen molar-refractivity contribution in [3.05, 3.63) is 29.6 Å². The first-order chi connectivity index (χ1) is 9.70. The van der Waals surface area contributed by atoms with E-state index < -0.39 is 0 Å². The van der Waals surface area contributed by atoms with E-state index in [-0.39, 0.29) is 30.7 Å². The zero-order chi connectivity index (χ0) is 13.9. The highest BCUT2D eigenvalue weighted by molar-refractivity contribution is 5.85. The molecule has 2 aliphatic rings. The molecule has 1 aromatic heterocycles. The summed E-state index contributed by atoms with van der Waals surface area (Å²) in [6.45, 7) is 2.57. The van der Waals surface area contributed by atoms with E-state index in [0.717, 1.165) is 24.1 Å². The number of piperidine rings is 1. The molecule has 4 nitrogen and oxygen atoms in total. The second-order valence-electron chi connectivity index (χ2n) is 6.22. The van der Waals surface area contributed by atoms with Crippen LogP contribution in [-0.2, 0) is 11.3 Å². The molecule has 0 saturated carbocycles. The molecule has 0 radical (unpaired) electrons. The van der Waals surface area contributed by atoms with Crippen molar-refractivity contribution in [1.29, 1.82) is 0 Å². The van der Waals surface area contributed by atoms with Gasteiger partial charge in [-0.2, -0.15) is 0 Å². The van der Waals surface area contributed by atoms with Gasteiger partial charge in [-0.15, -0.1) is 24.8 Å². The summed E-state index contributed by atoms with van der Waals surface area (Å²) in [5, 5.41) is 6.63. The second kappa shape index (κ2) is 8.70. The quantitative estimate of drug-likeness (QED) is 0.882. The number of hydrogen-bond donors (Lipinski definition) is 2. The molecule has 2 aliphatic heterocycles. The van der Waals surface area contributed by atoms with E-state index in [0.29, 0.717) is 31.0 Å². The summed E-state index contributed by atoms with van der Waals surface area (Å²) >= 11 is 0. The summed E-state index contributed by atoms with van der Waals surface area (Å²) in [6.07, 6.45) is 7.34. The Balaban J connectivity index is 0.00000121. The Labute approximate surface area is 144 Å². The van der Waals surface area contributed by atoms with E-state index in [9.17, 15) is 4.79 Å². The molecule has 3 heterocycles. The van der Waals surface area contributed by atoms with Crippen molar-refractivity contribution in [3.8, 4) is 0 Å². The lowest BCUT2D eigenvalue weighted by Crippen LogP contribution is -2.39. The lowest BCUT2D eigenvalue weighted by Gasteiger charge is -2.28. The number of carbonyl (C=O) groups excluding carboxylic acids is 1. The Morgan fingerprint density at radius 1 is 1.32 bits per heavy atom. The van der Waals surface area contributed by atoms with Gasteiger partial charge in [-0.1, -0.05) is 6.07 Å². The predicted octanol–water partition coefficient (Wildman–Crippen LogP) is 2.77. The predicted molar refractivity (Wildman–Crippen MR) is 92.6 cm³/mol. The Hall–Kier alpha value is -0.840. The number of hydrogen-bond acceptors (Lipinski definition) is 3. The molecule has 2 unspecified atom stereocenters. The van der Waals surface area contributed by atoms with Crippen LogP contribution in [0.25, 0.3) is 0 Å². The molecule has 2 saturated heterocycles. The van der Waals surface area contributed by atoms with Crippen LogP contribution >= 0.6 is 24.8 Å². The molecule has 2 atom stereocenters. The average Bonchev–Trinajstić information content (AvgIpc) is 2.77. The Bertz CT molecular complexity index is 486. The van der Waals surface area contributed by atoms with Gasteiger partial charge in [-0.3, -0.25) is 9.78 Å². The molecule has 3 rings (SSSR count).